The van der Waals surface area contributed by atoms with Crippen LogP contribution in [0.3, 0.4) is 0 Å². The summed E-state index contributed by atoms with van der Waals surface area (Å²) in [7, 11) is 2.05. The Morgan fingerprint density at radius 2 is 1.97 bits per heavy atom. The maximum atomic E-state index is 4.81. The van der Waals surface area contributed by atoms with Crippen LogP contribution in [-0.2, 0) is 13.6 Å². The molecule has 1 atom stereocenters. The minimum Gasteiger partial charge on any atom is -0.369 e. The van der Waals surface area contributed by atoms with Gasteiger partial charge in [-0.05, 0) is 44.5 Å². The predicted molar refractivity (Wildman–Crippen MR) is 120 cm³/mol. The topological polar surface area (TPSA) is 57.5 Å². The number of aryl methyl sites for hydroxylation is 2. The predicted octanol–water partition coefficient (Wildman–Crippen LogP) is 3.22. The molecule has 0 radical (unpaired) electrons. The molecule has 1 aliphatic heterocycles. The zero-order chi connectivity index (χ0) is 20.2. The number of para-hydroxylation sites is 2. The van der Waals surface area contributed by atoms with Gasteiger partial charge in [0, 0.05) is 38.4 Å². The fourth-order valence-electron chi connectivity index (χ4n) is 3.87. The van der Waals surface area contributed by atoms with E-state index in [1.165, 1.54) is 11.3 Å². The van der Waals surface area contributed by atoms with Crippen molar-refractivity contribution >= 4 is 22.7 Å². The highest BCUT2D eigenvalue weighted by molar-refractivity contribution is 5.80. The van der Waals surface area contributed by atoms with Gasteiger partial charge in [-0.1, -0.05) is 29.8 Å². The first kappa shape index (κ1) is 19.3. The number of nitrogens with zero attached hydrogens (tertiary/aromatic N) is 4. The van der Waals surface area contributed by atoms with Crippen LogP contribution in [0.25, 0.3) is 11.0 Å². The monoisotopic (exact) mass is 390 g/mol. The minimum atomic E-state index is 0.384. The summed E-state index contributed by atoms with van der Waals surface area (Å²) in [5, 5.41) is 6.99. The molecule has 152 valence electrons. The van der Waals surface area contributed by atoms with Crippen molar-refractivity contribution in [2.24, 2.45) is 12.0 Å². The first-order valence-corrected chi connectivity index (χ1v) is 10.4. The molecule has 6 nitrogen and oxygen atoms in total. The van der Waals surface area contributed by atoms with Gasteiger partial charge in [-0.2, -0.15) is 0 Å². The Balaban J connectivity index is 1.42. The van der Waals surface area contributed by atoms with Crippen LogP contribution in [0, 0.1) is 6.92 Å². The van der Waals surface area contributed by atoms with E-state index < -0.39 is 0 Å². The number of guanidine groups is 1. The van der Waals surface area contributed by atoms with Gasteiger partial charge in [0.15, 0.2) is 5.96 Å². The molecule has 6 heteroatoms. The largest absolute Gasteiger partial charge is 0.369 e. The maximum absolute atomic E-state index is 4.81. The van der Waals surface area contributed by atoms with E-state index in [9.17, 15) is 0 Å². The standard InChI is InChI=1S/C23H30N6/c1-4-24-23(25-15-22-27-20-7-5-6-8-21(20)28(22)3)26-18-13-14-29(16-18)19-11-9-17(2)10-12-19/h5-12,18H,4,13-16H2,1-3H3,(H2,24,25,26). The lowest BCUT2D eigenvalue weighted by molar-refractivity contribution is 0.647. The van der Waals surface area contributed by atoms with Crippen molar-refractivity contribution in [1.29, 1.82) is 0 Å². The van der Waals surface area contributed by atoms with Gasteiger partial charge in [0.05, 0.1) is 11.0 Å². The highest BCUT2D eigenvalue weighted by Gasteiger charge is 2.23. The van der Waals surface area contributed by atoms with Crippen molar-refractivity contribution in [3.05, 3.63) is 59.9 Å². The van der Waals surface area contributed by atoms with E-state index in [1.807, 2.05) is 18.2 Å². The highest BCUT2D eigenvalue weighted by atomic mass is 15.2. The molecule has 0 aliphatic carbocycles. The number of rotatable bonds is 5. The van der Waals surface area contributed by atoms with Crippen molar-refractivity contribution in [3.8, 4) is 0 Å². The quantitative estimate of drug-likeness (QED) is 0.519. The molecule has 2 N–H and O–H groups in total. The van der Waals surface area contributed by atoms with Gasteiger partial charge in [-0.3, -0.25) is 0 Å². The first-order valence-electron chi connectivity index (χ1n) is 10.4. The maximum Gasteiger partial charge on any atom is 0.191 e. The molecule has 4 rings (SSSR count). The molecule has 2 aromatic carbocycles. The summed E-state index contributed by atoms with van der Waals surface area (Å²) < 4.78 is 2.12. The summed E-state index contributed by atoms with van der Waals surface area (Å²) in [5.74, 6) is 1.83. The van der Waals surface area contributed by atoms with Crippen molar-refractivity contribution in [3.63, 3.8) is 0 Å². The van der Waals surface area contributed by atoms with Crippen molar-refractivity contribution < 1.29 is 0 Å². The number of benzene rings is 2. The molecule has 1 aromatic heterocycles. The zero-order valence-electron chi connectivity index (χ0n) is 17.5. The Kier molecular flexibility index (Phi) is 5.69. The van der Waals surface area contributed by atoms with Crippen LogP contribution < -0.4 is 15.5 Å². The average Bonchev–Trinajstić information content (AvgIpc) is 3.32. The molecule has 3 aromatic rings. The van der Waals surface area contributed by atoms with E-state index >= 15 is 0 Å². The summed E-state index contributed by atoms with van der Waals surface area (Å²) >= 11 is 0. The van der Waals surface area contributed by atoms with Crippen LogP contribution in [0.5, 0.6) is 0 Å². The van der Waals surface area contributed by atoms with Gasteiger partial charge in [0.1, 0.15) is 12.4 Å². The Hall–Kier alpha value is -3.02. The lowest BCUT2D eigenvalue weighted by Crippen LogP contribution is -2.44. The van der Waals surface area contributed by atoms with Crippen LogP contribution in [0.15, 0.2) is 53.5 Å². The lowest BCUT2D eigenvalue weighted by atomic mass is 10.2. The molecule has 0 amide bonds. The van der Waals surface area contributed by atoms with Crippen LogP contribution >= 0.6 is 0 Å². The van der Waals surface area contributed by atoms with Gasteiger partial charge in [0.2, 0.25) is 0 Å². The number of anilines is 1. The third-order valence-electron chi connectivity index (χ3n) is 5.53. The van der Waals surface area contributed by atoms with Gasteiger partial charge in [0.25, 0.3) is 0 Å². The number of aromatic nitrogens is 2. The van der Waals surface area contributed by atoms with Gasteiger partial charge < -0.3 is 20.1 Å². The number of fused-ring (bicyclic) bond motifs is 1. The summed E-state index contributed by atoms with van der Waals surface area (Å²) in [6.45, 7) is 7.66. The summed E-state index contributed by atoms with van der Waals surface area (Å²) in [5.41, 5.74) is 4.75. The molecule has 29 heavy (non-hydrogen) atoms. The lowest BCUT2D eigenvalue weighted by Gasteiger charge is -2.20. The SMILES string of the molecule is CCNC(=NCc1nc2ccccc2n1C)NC1CCN(c2ccc(C)cc2)C1. The van der Waals surface area contributed by atoms with E-state index in [1.54, 1.807) is 0 Å². The third-order valence-corrected chi connectivity index (χ3v) is 5.53. The first-order chi connectivity index (χ1) is 14.1. The van der Waals surface area contributed by atoms with Gasteiger partial charge in [-0.15, -0.1) is 0 Å². The van der Waals surface area contributed by atoms with Crippen LogP contribution in [0.1, 0.15) is 24.7 Å². The number of nitrogens with one attached hydrogen (secondary N) is 2. The second kappa shape index (κ2) is 8.55. The zero-order valence-corrected chi connectivity index (χ0v) is 17.5. The fourth-order valence-corrected chi connectivity index (χ4v) is 3.87. The van der Waals surface area contributed by atoms with Crippen molar-refractivity contribution in [1.82, 2.24) is 20.2 Å². The molecule has 0 bridgehead atoms. The molecular formula is C23H30N6. The summed E-state index contributed by atoms with van der Waals surface area (Å²) in [6, 6.07) is 17.4. The van der Waals surface area contributed by atoms with Crippen LogP contribution in [0.2, 0.25) is 0 Å². The molecule has 1 unspecified atom stereocenters. The molecule has 2 heterocycles. The Morgan fingerprint density at radius 3 is 2.72 bits per heavy atom. The highest BCUT2D eigenvalue weighted by Crippen LogP contribution is 2.21. The third kappa shape index (κ3) is 4.36. The number of hydrogen-bond donors (Lipinski definition) is 2. The van der Waals surface area contributed by atoms with Crippen LogP contribution in [-0.4, -0.2) is 41.2 Å². The van der Waals surface area contributed by atoms with E-state index in [0.29, 0.717) is 12.6 Å². The molecule has 1 aliphatic rings. The summed E-state index contributed by atoms with van der Waals surface area (Å²) in [4.78, 5) is 12.0. The molecule has 1 saturated heterocycles. The van der Waals surface area contributed by atoms with E-state index in [-0.39, 0.29) is 0 Å². The Morgan fingerprint density at radius 1 is 1.17 bits per heavy atom. The second-order valence-corrected chi connectivity index (χ2v) is 7.68. The smallest absolute Gasteiger partial charge is 0.191 e. The number of aliphatic imine (C=N–C) groups is 1. The number of imidazole rings is 1. The minimum absolute atomic E-state index is 0.384. The van der Waals surface area contributed by atoms with E-state index in [2.05, 4.69) is 71.3 Å². The van der Waals surface area contributed by atoms with Crippen LogP contribution in [0.4, 0.5) is 5.69 Å². The molecular weight excluding hydrogens is 360 g/mol. The van der Waals surface area contributed by atoms with E-state index in [0.717, 1.165) is 48.9 Å². The van der Waals surface area contributed by atoms with Crippen molar-refractivity contribution in [2.75, 3.05) is 24.5 Å². The van der Waals surface area contributed by atoms with E-state index in [4.69, 9.17) is 9.98 Å². The summed E-state index contributed by atoms with van der Waals surface area (Å²) in [6.07, 6.45) is 1.10. The molecule has 0 spiro atoms. The van der Waals surface area contributed by atoms with Gasteiger partial charge in [-0.25, -0.2) is 9.98 Å². The molecule has 1 fully saturated rings. The molecule has 0 saturated carbocycles. The number of hydrogen-bond acceptors (Lipinski definition) is 3. The van der Waals surface area contributed by atoms with Gasteiger partial charge >= 0.3 is 0 Å². The Labute approximate surface area is 172 Å². The Bertz CT molecular complexity index is 988. The normalized spacial score (nSPS) is 17.1. The average molecular weight is 391 g/mol. The second-order valence-electron chi connectivity index (χ2n) is 7.68. The fraction of sp³-hybridized carbons (Fsp3) is 0.391. The van der Waals surface area contributed by atoms with Crippen molar-refractivity contribution in [2.45, 2.75) is 32.9 Å².